The first kappa shape index (κ1) is 18.5. The van der Waals surface area contributed by atoms with E-state index in [1.165, 1.54) is 17.7 Å². The van der Waals surface area contributed by atoms with Crippen LogP contribution in [0.1, 0.15) is 44.7 Å². The number of aryl methyl sites for hydroxylation is 2. The fourth-order valence-corrected chi connectivity index (χ4v) is 3.41. The Morgan fingerprint density at radius 3 is 2.19 bits per heavy atom. The Morgan fingerprint density at radius 1 is 0.962 bits per heavy atom. The highest BCUT2D eigenvalue weighted by Crippen LogP contribution is 2.22. The van der Waals surface area contributed by atoms with E-state index in [4.69, 9.17) is 0 Å². The monoisotopic (exact) mass is 353 g/mol. The molecule has 1 aliphatic rings. The van der Waals surface area contributed by atoms with E-state index in [1.807, 2.05) is 32.0 Å². The molecular formula is C22H24FNO2. The van der Waals surface area contributed by atoms with Gasteiger partial charge < -0.3 is 0 Å². The molecule has 0 radical (unpaired) electrons. The second-order valence-electron chi connectivity index (χ2n) is 7.14. The number of rotatable bonds is 5. The molecule has 1 fully saturated rings. The fourth-order valence-electron chi connectivity index (χ4n) is 3.41. The van der Waals surface area contributed by atoms with Gasteiger partial charge in [-0.05, 0) is 81.2 Å². The average Bonchev–Trinajstić information content (AvgIpc) is 2.64. The molecule has 3 rings (SSSR count). The van der Waals surface area contributed by atoms with Crippen LogP contribution in [0.2, 0.25) is 0 Å². The summed E-state index contributed by atoms with van der Waals surface area (Å²) in [5, 5.41) is 0. The lowest BCUT2D eigenvalue weighted by Gasteiger charge is -2.30. The van der Waals surface area contributed by atoms with Crippen molar-refractivity contribution in [1.82, 2.24) is 4.90 Å². The smallest absolute Gasteiger partial charge is 0.176 e. The third kappa shape index (κ3) is 4.25. The number of carbonyl (C=O) groups is 2. The van der Waals surface area contributed by atoms with Gasteiger partial charge in [0.1, 0.15) is 5.82 Å². The molecule has 26 heavy (non-hydrogen) atoms. The molecule has 0 aliphatic carbocycles. The fraction of sp³-hybridized carbons (Fsp3) is 0.364. The highest BCUT2D eigenvalue weighted by Gasteiger charge is 2.26. The number of ketones is 2. The third-order valence-electron chi connectivity index (χ3n) is 5.28. The second-order valence-corrected chi connectivity index (χ2v) is 7.14. The van der Waals surface area contributed by atoms with E-state index < -0.39 is 0 Å². The second kappa shape index (κ2) is 7.92. The van der Waals surface area contributed by atoms with Gasteiger partial charge in [0.25, 0.3) is 0 Å². The summed E-state index contributed by atoms with van der Waals surface area (Å²) in [6, 6.07) is 11.6. The molecular weight excluding hydrogens is 329 g/mol. The van der Waals surface area contributed by atoms with Crippen molar-refractivity contribution in [2.24, 2.45) is 5.92 Å². The summed E-state index contributed by atoms with van der Waals surface area (Å²) in [5.74, 6) is -0.184. The van der Waals surface area contributed by atoms with Gasteiger partial charge >= 0.3 is 0 Å². The van der Waals surface area contributed by atoms with Crippen molar-refractivity contribution in [3.05, 3.63) is 70.5 Å². The van der Waals surface area contributed by atoms with Crippen molar-refractivity contribution in [3.63, 3.8) is 0 Å². The van der Waals surface area contributed by atoms with E-state index in [1.54, 1.807) is 12.1 Å². The number of benzene rings is 2. The Balaban J connectivity index is 1.54. The molecule has 1 heterocycles. The zero-order valence-corrected chi connectivity index (χ0v) is 15.3. The third-order valence-corrected chi connectivity index (χ3v) is 5.28. The maximum atomic E-state index is 13.0. The minimum absolute atomic E-state index is 0.0477. The van der Waals surface area contributed by atoms with E-state index >= 15 is 0 Å². The van der Waals surface area contributed by atoms with Crippen LogP contribution in [0.25, 0.3) is 0 Å². The SMILES string of the molecule is Cc1ccc(C(=O)CN2CCC(C(=O)c3ccc(F)cc3)CC2)cc1C. The lowest BCUT2D eigenvalue weighted by Crippen LogP contribution is -2.39. The highest BCUT2D eigenvalue weighted by molar-refractivity contribution is 5.98. The standard InChI is InChI=1S/C22H24FNO2/c1-15-3-4-19(13-16(15)2)21(25)14-24-11-9-18(10-12-24)22(26)17-5-7-20(23)8-6-17/h3-8,13,18H,9-12,14H2,1-2H3. The van der Waals surface area contributed by atoms with Crippen molar-refractivity contribution >= 4 is 11.6 Å². The van der Waals surface area contributed by atoms with E-state index in [0.717, 1.165) is 37.1 Å². The summed E-state index contributed by atoms with van der Waals surface area (Å²) in [6.45, 7) is 5.90. The highest BCUT2D eigenvalue weighted by atomic mass is 19.1. The lowest BCUT2D eigenvalue weighted by atomic mass is 9.88. The van der Waals surface area contributed by atoms with Gasteiger partial charge in [-0.25, -0.2) is 4.39 Å². The Bertz CT molecular complexity index is 805. The molecule has 0 amide bonds. The van der Waals surface area contributed by atoms with Gasteiger partial charge in [-0.3, -0.25) is 14.5 Å². The minimum atomic E-state index is -0.332. The van der Waals surface area contributed by atoms with Crippen LogP contribution in [0.5, 0.6) is 0 Å². The molecule has 1 aliphatic heterocycles. The Kier molecular flexibility index (Phi) is 5.62. The Hall–Kier alpha value is -2.33. The van der Waals surface area contributed by atoms with E-state index in [-0.39, 0.29) is 23.3 Å². The van der Waals surface area contributed by atoms with E-state index in [0.29, 0.717) is 12.1 Å². The molecule has 0 bridgehead atoms. The number of Topliss-reactive ketones (excluding diaryl/α,β-unsaturated/α-hetero) is 2. The first-order valence-corrected chi connectivity index (χ1v) is 9.06. The number of likely N-dealkylation sites (tertiary alicyclic amines) is 1. The van der Waals surface area contributed by atoms with Gasteiger partial charge in [-0.2, -0.15) is 0 Å². The van der Waals surface area contributed by atoms with Crippen molar-refractivity contribution in [2.45, 2.75) is 26.7 Å². The zero-order valence-electron chi connectivity index (χ0n) is 15.3. The number of carbonyl (C=O) groups excluding carboxylic acids is 2. The van der Waals surface area contributed by atoms with Crippen LogP contribution in [0.3, 0.4) is 0 Å². The molecule has 3 nitrogen and oxygen atoms in total. The molecule has 0 spiro atoms. The normalized spacial score (nSPS) is 15.8. The Labute approximate surface area is 153 Å². The van der Waals surface area contributed by atoms with Crippen LogP contribution in [-0.2, 0) is 0 Å². The van der Waals surface area contributed by atoms with Crippen LogP contribution < -0.4 is 0 Å². The molecule has 0 unspecified atom stereocenters. The molecule has 2 aromatic rings. The van der Waals surface area contributed by atoms with Gasteiger partial charge in [0, 0.05) is 17.0 Å². The van der Waals surface area contributed by atoms with Crippen molar-refractivity contribution < 1.29 is 14.0 Å². The number of halogens is 1. The summed E-state index contributed by atoms with van der Waals surface area (Å²) in [7, 11) is 0. The van der Waals surface area contributed by atoms with Gasteiger partial charge in [-0.1, -0.05) is 12.1 Å². The quantitative estimate of drug-likeness (QED) is 0.755. The van der Waals surface area contributed by atoms with Crippen LogP contribution in [0, 0.1) is 25.6 Å². The first-order valence-electron chi connectivity index (χ1n) is 9.06. The predicted molar refractivity (Wildman–Crippen MR) is 100 cm³/mol. The van der Waals surface area contributed by atoms with Crippen LogP contribution >= 0.6 is 0 Å². The van der Waals surface area contributed by atoms with E-state index in [9.17, 15) is 14.0 Å². The van der Waals surface area contributed by atoms with Gasteiger partial charge in [0.05, 0.1) is 6.54 Å². The number of nitrogens with zero attached hydrogens (tertiary/aromatic N) is 1. The summed E-state index contributed by atoms with van der Waals surface area (Å²) in [5.41, 5.74) is 3.62. The summed E-state index contributed by atoms with van der Waals surface area (Å²) in [4.78, 5) is 27.1. The Morgan fingerprint density at radius 2 is 1.58 bits per heavy atom. The maximum Gasteiger partial charge on any atom is 0.176 e. The first-order chi connectivity index (χ1) is 12.4. The summed E-state index contributed by atoms with van der Waals surface area (Å²) in [6.07, 6.45) is 1.47. The van der Waals surface area contributed by atoms with Crippen LogP contribution in [0.4, 0.5) is 4.39 Å². The van der Waals surface area contributed by atoms with Gasteiger partial charge in [-0.15, -0.1) is 0 Å². The van der Waals surface area contributed by atoms with Gasteiger partial charge in [0.2, 0.25) is 0 Å². The van der Waals surface area contributed by atoms with Crippen molar-refractivity contribution in [2.75, 3.05) is 19.6 Å². The molecule has 0 saturated carbocycles. The van der Waals surface area contributed by atoms with Crippen molar-refractivity contribution in [1.29, 1.82) is 0 Å². The minimum Gasteiger partial charge on any atom is -0.296 e. The maximum absolute atomic E-state index is 13.0. The molecule has 1 saturated heterocycles. The molecule has 0 atom stereocenters. The van der Waals surface area contributed by atoms with Crippen LogP contribution in [-0.4, -0.2) is 36.1 Å². The molecule has 0 aromatic heterocycles. The lowest BCUT2D eigenvalue weighted by molar-refractivity contribution is 0.0805. The number of hydrogen-bond acceptors (Lipinski definition) is 3. The zero-order chi connectivity index (χ0) is 18.7. The predicted octanol–water partition coefficient (Wildman–Crippen LogP) is 4.22. The number of hydrogen-bond donors (Lipinski definition) is 0. The topological polar surface area (TPSA) is 37.4 Å². The molecule has 2 aromatic carbocycles. The largest absolute Gasteiger partial charge is 0.296 e. The number of piperidine rings is 1. The molecule has 0 N–H and O–H groups in total. The summed E-state index contributed by atoms with van der Waals surface area (Å²) >= 11 is 0. The molecule has 4 heteroatoms. The van der Waals surface area contributed by atoms with E-state index in [2.05, 4.69) is 4.90 Å². The van der Waals surface area contributed by atoms with Gasteiger partial charge in [0.15, 0.2) is 11.6 Å². The average molecular weight is 353 g/mol. The van der Waals surface area contributed by atoms with Crippen molar-refractivity contribution in [3.8, 4) is 0 Å². The summed E-state index contributed by atoms with van der Waals surface area (Å²) < 4.78 is 13.0. The van der Waals surface area contributed by atoms with Crippen LogP contribution in [0.15, 0.2) is 42.5 Å². The molecule has 136 valence electrons.